The first-order chi connectivity index (χ1) is 6.11. The minimum atomic E-state index is -0.959. The number of hydrogen-bond acceptors (Lipinski definition) is 2. The van der Waals surface area contributed by atoms with E-state index in [1.165, 1.54) is 0 Å². The van der Waals surface area contributed by atoms with E-state index in [1.54, 1.807) is 0 Å². The SMILES string of the molecule is N[C@@H](Cc1ccccc1I)C(=O)O. The van der Waals surface area contributed by atoms with Crippen molar-refractivity contribution >= 4 is 28.6 Å². The van der Waals surface area contributed by atoms with Gasteiger partial charge < -0.3 is 10.8 Å². The van der Waals surface area contributed by atoms with Crippen LogP contribution in [0.5, 0.6) is 0 Å². The van der Waals surface area contributed by atoms with Gasteiger partial charge in [-0.25, -0.2) is 0 Å². The van der Waals surface area contributed by atoms with Gasteiger partial charge in [0.2, 0.25) is 0 Å². The topological polar surface area (TPSA) is 63.3 Å². The summed E-state index contributed by atoms with van der Waals surface area (Å²) in [6.07, 6.45) is 0.383. The molecule has 1 aromatic rings. The van der Waals surface area contributed by atoms with Crippen LogP contribution in [-0.2, 0) is 11.2 Å². The highest BCUT2D eigenvalue weighted by Gasteiger charge is 2.12. The summed E-state index contributed by atoms with van der Waals surface area (Å²) >= 11 is 2.17. The summed E-state index contributed by atoms with van der Waals surface area (Å²) in [6, 6.07) is 6.81. The van der Waals surface area contributed by atoms with Crippen molar-refractivity contribution < 1.29 is 9.90 Å². The predicted octanol–water partition coefficient (Wildman–Crippen LogP) is 1.25. The highest BCUT2D eigenvalue weighted by molar-refractivity contribution is 14.1. The molecule has 0 fully saturated rings. The molecule has 0 spiro atoms. The Morgan fingerprint density at radius 2 is 2.15 bits per heavy atom. The quantitative estimate of drug-likeness (QED) is 0.824. The number of hydrogen-bond donors (Lipinski definition) is 2. The van der Waals surface area contributed by atoms with Crippen molar-refractivity contribution in [2.75, 3.05) is 0 Å². The lowest BCUT2D eigenvalue weighted by atomic mass is 10.1. The van der Waals surface area contributed by atoms with Crippen LogP contribution in [0.3, 0.4) is 0 Å². The lowest BCUT2D eigenvalue weighted by Crippen LogP contribution is -2.32. The van der Waals surface area contributed by atoms with E-state index in [2.05, 4.69) is 22.6 Å². The van der Waals surface area contributed by atoms with Gasteiger partial charge >= 0.3 is 5.97 Å². The summed E-state index contributed by atoms with van der Waals surface area (Å²) in [7, 11) is 0. The first-order valence-electron chi connectivity index (χ1n) is 3.83. The van der Waals surface area contributed by atoms with Gasteiger partial charge in [-0.1, -0.05) is 18.2 Å². The maximum absolute atomic E-state index is 10.5. The molecular formula is C9H10INO2. The van der Waals surface area contributed by atoms with E-state index >= 15 is 0 Å². The van der Waals surface area contributed by atoms with Crippen LogP contribution in [0.2, 0.25) is 0 Å². The van der Waals surface area contributed by atoms with E-state index in [0.717, 1.165) is 9.13 Å². The third-order valence-electron chi connectivity index (χ3n) is 1.71. The normalized spacial score (nSPS) is 12.5. The zero-order valence-corrected chi connectivity index (χ0v) is 9.06. The maximum Gasteiger partial charge on any atom is 0.320 e. The number of nitrogens with two attached hydrogens (primary N) is 1. The van der Waals surface area contributed by atoms with Gasteiger partial charge in [-0.15, -0.1) is 0 Å². The van der Waals surface area contributed by atoms with Crippen molar-refractivity contribution in [3.63, 3.8) is 0 Å². The Morgan fingerprint density at radius 1 is 1.54 bits per heavy atom. The lowest BCUT2D eigenvalue weighted by molar-refractivity contribution is -0.138. The first kappa shape index (κ1) is 10.5. The van der Waals surface area contributed by atoms with Crippen molar-refractivity contribution in [3.8, 4) is 0 Å². The third kappa shape index (κ3) is 2.96. The van der Waals surface area contributed by atoms with Gasteiger partial charge in [0.25, 0.3) is 0 Å². The van der Waals surface area contributed by atoms with Crippen molar-refractivity contribution in [2.24, 2.45) is 5.73 Å². The van der Waals surface area contributed by atoms with Gasteiger partial charge in [0.05, 0.1) is 0 Å². The number of benzene rings is 1. The fourth-order valence-corrected chi connectivity index (χ4v) is 1.60. The Labute approximate surface area is 90.1 Å². The fourth-order valence-electron chi connectivity index (χ4n) is 0.988. The number of aliphatic carboxylic acids is 1. The van der Waals surface area contributed by atoms with Crippen molar-refractivity contribution in [1.29, 1.82) is 0 Å². The van der Waals surface area contributed by atoms with Crippen molar-refractivity contribution in [2.45, 2.75) is 12.5 Å². The number of carboxylic acids is 1. The summed E-state index contributed by atoms with van der Waals surface area (Å²) in [5.74, 6) is -0.959. The van der Waals surface area contributed by atoms with Gasteiger partial charge in [0, 0.05) is 3.57 Å². The molecule has 0 radical (unpaired) electrons. The molecule has 3 nitrogen and oxygen atoms in total. The van der Waals surface area contributed by atoms with Crippen LogP contribution in [0.25, 0.3) is 0 Å². The average Bonchev–Trinajstić information content (AvgIpc) is 2.08. The monoisotopic (exact) mass is 291 g/mol. The molecule has 3 N–H and O–H groups in total. The Hall–Kier alpha value is -0.620. The Balaban J connectivity index is 2.74. The second-order valence-corrected chi connectivity index (χ2v) is 3.90. The van der Waals surface area contributed by atoms with Crippen LogP contribution < -0.4 is 5.73 Å². The second-order valence-electron chi connectivity index (χ2n) is 2.74. The molecule has 70 valence electrons. The molecule has 0 heterocycles. The van der Waals surface area contributed by atoms with Crippen LogP contribution in [0.4, 0.5) is 0 Å². The Kier molecular flexibility index (Phi) is 3.68. The maximum atomic E-state index is 10.5. The van der Waals surface area contributed by atoms with Crippen molar-refractivity contribution in [1.82, 2.24) is 0 Å². The van der Waals surface area contributed by atoms with Crippen molar-refractivity contribution in [3.05, 3.63) is 33.4 Å². The molecule has 0 aliphatic rings. The van der Waals surface area contributed by atoms with Crippen LogP contribution in [0, 0.1) is 3.57 Å². The molecule has 0 aromatic heterocycles. The molecule has 13 heavy (non-hydrogen) atoms. The van der Waals surface area contributed by atoms with E-state index in [-0.39, 0.29) is 0 Å². The summed E-state index contributed by atoms with van der Waals surface area (Å²) in [5, 5.41) is 8.61. The minimum Gasteiger partial charge on any atom is -0.480 e. The van der Waals surface area contributed by atoms with Crippen LogP contribution in [-0.4, -0.2) is 17.1 Å². The summed E-state index contributed by atoms with van der Waals surface area (Å²) in [5.41, 5.74) is 6.40. The van der Waals surface area contributed by atoms with Gasteiger partial charge in [0.1, 0.15) is 6.04 Å². The molecule has 1 aromatic carbocycles. The van der Waals surface area contributed by atoms with E-state index < -0.39 is 12.0 Å². The van der Waals surface area contributed by atoms with Crippen LogP contribution >= 0.6 is 22.6 Å². The Morgan fingerprint density at radius 3 is 2.69 bits per heavy atom. The summed E-state index contributed by atoms with van der Waals surface area (Å²) < 4.78 is 1.05. The highest BCUT2D eigenvalue weighted by Crippen LogP contribution is 2.12. The number of rotatable bonds is 3. The Bertz CT molecular complexity index is 314. The largest absolute Gasteiger partial charge is 0.480 e. The molecule has 4 heteroatoms. The number of carboxylic acid groups (broad SMARTS) is 1. The molecular weight excluding hydrogens is 281 g/mol. The molecule has 0 saturated carbocycles. The predicted molar refractivity (Wildman–Crippen MR) is 58.5 cm³/mol. The molecule has 0 bridgehead atoms. The highest BCUT2D eigenvalue weighted by atomic mass is 127. The lowest BCUT2D eigenvalue weighted by Gasteiger charge is -2.07. The van der Waals surface area contributed by atoms with E-state index in [1.807, 2.05) is 24.3 Å². The molecule has 0 saturated heterocycles. The zero-order valence-electron chi connectivity index (χ0n) is 6.90. The van der Waals surface area contributed by atoms with Gasteiger partial charge in [-0.05, 0) is 40.6 Å². The number of carbonyl (C=O) groups is 1. The smallest absolute Gasteiger partial charge is 0.320 e. The summed E-state index contributed by atoms with van der Waals surface area (Å²) in [6.45, 7) is 0. The van der Waals surface area contributed by atoms with E-state index in [4.69, 9.17) is 10.8 Å². The number of halogens is 1. The minimum absolute atomic E-state index is 0.383. The molecule has 0 unspecified atom stereocenters. The van der Waals surface area contributed by atoms with E-state index in [9.17, 15) is 4.79 Å². The fraction of sp³-hybridized carbons (Fsp3) is 0.222. The molecule has 0 aliphatic heterocycles. The van der Waals surface area contributed by atoms with E-state index in [0.29, 0.717) is 6.42 Å². The van der Waals surface area contributed by atoms with Gasteiger partial charge in [0.15, 0.2) is 0 Å². The zero-order chi connectivity index (χ0) is 9.84. The molecule has 0 aliphatic carbocycles. The molecule has 1 atom stereocenters. The van der Waals surface area contributed by atoms with Gasteiger partial charge in [-0.3, -0.25) is 4.79 Å². The first-order valence-corrected chi connectivity index (χ1v) is 4.91. The average molecular weight is 291 g/mol. The third-order valence-corrected chi connectivity index (χ3v) is 2.77. The van der Waals surface area contributed by atoms with Crippen LogP contribution in [0.15, 0.2) is 24.3 Å². The molecule has 0 amide bonds. The van der Waals surface area contributed by atoms with Gasteiger partial charge in [-0.2, -0.15) is 0 Å². The molecule has 1 rings (SSSR count). The standard InChI is InChI=1S/C9H10INO2/c10-7-4-2-1-3-6(7)5-8(11)9(12)13/h1-4,8H,5,11H2,(H,12,13)/t8-/m0/s1. The second kappa shape index (κ2) is 4.57. The summed E-state index contributed by atoms with van der Waals surface area (Å²) in [4.78, 5) is 10.5. The van der Waals surface area contributed by atoms with Crippen LogP contribution in [0.1, 0.15) is 5.56 Å².